The lowest BCUT2D eigenvalue weighted by Gasteiger charge is -2.20. The van der Waals surface area contributed by atoms with Gasteiger partial charge in [0.05, 0.1) is 10.5 Å². The number of ether oxygens (including phenoxy) is 1. The van der Waals surface area contributed by atoms with Gasteiger partial charge in [-0.2, -0.15) is 13.2 Å². The van der Waals surface area contributed by atoms with E-state index < -0.39 is 27.3 Å². The van der Waals surface area contributed by atoms with Gasteiger partial charge in [-0.05, 0) is 63.2 Å². The Kier molecular flexibility index (Phi) is 6.46. The standard InChI is InChI=1S/C19H21F3N2O4S/c1-18(2,3)23-17(25)12-28-15-7-9-16(10-8-15)29(26,27)24-14-6-4-5-13(11-14)19(20,21)22/h4-11,24H,12H2,1-3H3,(H,23,25). The molecule has 0 heterocycles. The Morgan fingerprint density at radius 1 is 1.03 bits per heavy atom. The number of amides is 1. The third-order valence-electron chi connectivity index (χ3n) is 3.46. The quantitative estimate of drug-likeness (QED) is 0.730. The van der Waals surface area contributed by atoms with Crippen LogP contribution in [0.15, 0.2) is 53.4 Å². The van der Waals surface area contributed by atoms with Crippen molar-refractivity contribution in [3.8, 4) is 5.75 Å². The van der Waals surface area contributed by atoms with Gasteiger partial charge in [-0.15, -0.1) is 0 Å². The molecule has 2 aromatic rings. The van der Waals surface area contributed by atoms with Crippen molar-refractivity contribution in [2.24, 2.45) is 0 Å². The lowest BCUT2D eigenvalue weighted by molar-refractivity contribution is -0.137. The largest absolute Gasteiger partial charge is 0.484 e. The van der Waals surface area contributed by atoms with E-state index in [0.29, 0.717) is 6.07 Å². The van der Waals surface area contributed by atoms with Gasteiger partial charge in [0.15, 0.2) is 6.61 Å². The summed E-state index contributed by atoms with van der Waals surface area (Å²) in [7, 11) is -4.10. The fourth-order valence-electron chi connectivity index (χ4n) is 2.29. The molecule has 0 radical (unpaired) electrons. The summed E-state index contributed by atoms with van der Waals surface area (Å²) < 4.78 is 70.5. The van der Waals surface area contributed by atoms with E-state index in [9.17, 15) is 26.4 Å². The number of alkyl halides is 3. The first-order chi connectivity index (χ1) is 13.3. The second kappa shape index (κ2) is 8.32. The normalized spacial score (nSPS) is 12.3. The molecule has 0 saturated heterocycles. The number of carbonyl (C=O) groups excluding carboxylic acids is 1. The number of anilines is 1. The molecule has 10 heteroatoms. The Morgan fingerprint density at radius 2 is 1.66 bits per heavy atom. The average Bonchev–Trinajstić information content (AvgIpc) is 2.58. The summed E-state index contributed by atoms with van der Waals surface area (Å²) in [6.45, 7) is 5.22. The predicted molar refractivity (Wildman–Crippen MR) is 102 cm³/mol. The number of benzene rings is 2. The van der Waals surface area contributed by atoms with Gasteiger partial charge < -0.3 is 10.1 Å². The second-order valence-electron chi connectivity index (χ2n) is 7.24. The van der Waals surface area contributed by atoms with Crippen LogP contribution < -0.4 is 14.8 Å². The third-order valence-corrected chi connectivity index (χ3v) is 4.86. The molecule has 2 aromatic carbocycles. The van der Waals surface area contributed by atoms with Crippen LogP contribution in [0, 0.1) is 0 Å². The highest BCUT2D eigenvalue weighted by Crippen LogP contribution is 2.31. The zero-order valence-electron chi connectivity index (χ0n) is 16.0. The molecule has 0 atom stereocenters. The summed E-state index contributed by atoms with van der Waals surface area (Å²) in [6.07, 6.45) is -4.58. The highest BCUT2D eigenvalue weighted by molar-refractivity contribution is 7.92. The molecular weight excluding hydrogens is 409 g/mol. The molecule has 0 unspecified atom stereocenters. The van der Waals surface area contributed by atoms with Crippen molar-refractivity contribution in [3.05, 3.63) is 54.1 Å². The minimum atomic E-state index is -4.58. The summed E-state index contributed by atoms with van der Waals surface area (Å²) in [4.78, 5) is 11.6. The number of hydrogen-bond donors (Lipinski definition) is 2. The zero-order valence-corrected chi connectivity index (χ0v) is 16.8. The van der Waals surface area contributed by atoms with Crippen molar-refractivity contribution in [2.45, 2.75) is 37.4 Å². The lowest BCUT2D eigenvalue weighted by Crippen LogP contribution is -2.43. The summed E-state index contributed by atoms with van der Waals surface area (Å²) in [6, 6.07) is 9.05. The van der Waals surface area contributed by atoms with Crippen LogP contribution in [0.3, 0.4) is 0 Å². The van der Waals surface area contributed by atoms with Crippen molar-refractivity contribution in [1.29, 1.82) is 0 Å². The maximum absolute atomic E-state index is 12.8. The summed E-state index contributed by atoms with van der Waals surface area (Å²) in [5, 5.41) is 2.72. The van der Waals surface area contributed by atoms with Gasteiger partial charge in [-0.1, -0.05) is 6.07 Å². The average molecular weight is 430 g/mol. The van der Waals surface area contributed by atoms with Crippen LogP contribution in [-0.2, 0) is 21.0 Å². The fraction of sp³-hybridized carbons (Fsp3) is 0.316. The van der Waals surface area contributed by atoms with Gasteiger partial charge in [0.1, 0.15) is 5.75 Å². The van der Waals surface area contributed by atoms with Crippen molar-refractivity contribution >= 4 is 21.6 Å². The fourth-order valence-corrected chi connectivity index (χ4v) is 3.34. The Labute approximate surface area is 167 Å². The Hall–Kier alpha value is -2.75. The first kappa shape index (κ1) is 22.5. The Balaban J connectivity index is 2.06. The molecule has 0 aliphatic rings. The summed E-state index contributed by atoms with van der Waals surface area (Å²) in [5.74, 6) is -0.0625. The summed E-state index contributed by atoms with van der Waals surface area (Å²) in [5.41, 5.74) is -1.58. The van der Waals surface area contributed by atoms with Crippen molar-refractivity contribution < 1.29 is 31.1 Å². The number of rotatable bonds is 6. The van der Waals surface area contributed by atoms with Crippen molar-refractivity contribution in [1.82, 2.24) is 5.32 Å². The van der Waals surface area contributed by atoms with Crippen LogP contribution in [0.5, 0.6) is 5.75 Å². The van der Waals surface area contributed by atoms with Crippen LogP contribution in [0.25, 0.3) is 0 Å². The molecule has 2 N–H and O–H groups in total. The van der Waals surface area contributed by atoms with E-state index in [-0.39, 0.29) is 28.8 Å². The van der Waals surface area contributed by atoms with E-state index in [4.69, 9.17) is 4.74 Å². The van der Waals surface area contributed by atoms with Gasteiger partial charge in [0.25, 0.3) is 15.9 Å². The third kappa shape index (κ3) is 6.97. The number of hydrogen-bond acceptors (Lipinski definition) is 4. The first-order valence-corrected chi connectivity index (χ1v) is 9.98. The van der Waals surface area contributed by atoms with E-state index in [1.807, 2.05) is 20.8 Å². The zero-order chi connectivity index (χ0) is 21.9. The van der Waals surface area contributed by atoms with Crippen LogP contribution in [0.2, 0.25) is 0 Å². The van der Waals surface area contributed by atoms with Crippen molar-refractivity contribution in [3.63, 3.8) is 0 Å². The predicted octanol–water partition coefficient (Wildman–Crippen LogP) is 3.80. The Morgan fingerprint density at radius 3 is 2.21 bits per heavy atom. The number of carbonyl (C=O) groups is 1. The molecule has 6 nitrogen and oxygen atoms in total. The highest BCUT2D eigenvalue weighted by atomic mass is 32.2. The van der Waals surface area contributed by atoms with E-state index in [1.54, 1.807) is 0 Å². The van der Waals surface area contributed by atoms with E-state index in [0.717, 1.165) is 12.1 Å². The molecule has 0 aliphatic heterocycles. The molecule has 1 amide bonds. The molecule has 2 rings (SSSR count). The highest BCUT2D eigenvalue weighted by Gasteiger charge is 2.30. The van der Waals surface area contributed by atoms with Gasteiger partial charge in [0.2, 0.25) is 0 Å². The Bertz CT molecular complexity index is 966. The van der Waals surface area contributed by atoms with Gasteiger partial charge in [0, 0.05) is 11.2 Å². The molecule has 0 fully saturated rings. The monoisotopic (exact) mass is 430 g/mol. The molecule has 0 bridgehead atoms. The van der Waals surface area contributed by atoms with Crippen molar-refractivity contribution in [2.75, 3.05) is 11.3 Å². The SMILES string of the molecule is CC(C)(C)NC(=O)COc1ccc(S(=O)(=O)Nc2cccc(C(F)(F)F)c2)cc1. The lowest BCUT2D eigenvalue weighted by atomic mass is 10.1. The second-order valence-corrected chi connectivity index (χ2v) is 8.92. The number of halogens is 3. The van der Waals surface area contributed by atoms with Gasteiger partial charge in [-0.3, -0.25) is 9.52 Å². The molecule has 0 saturated carbocycles. The van der Waals surface area contributed by atoms with E-state index in [2.05, 4.69) is 10.0 Å². The molecule has 158 valence electrons. The number of sulfonamides is 1. The molecule has 0 aromatic heterocycles. The van der Waals surface area contributed by atoms with Gasteiger partial charge in [-0.25, -0.2) is 8.42 Å². The molecule has 0 spiro atoms. The topological polar surface area (TPSA) is 84.5 Å². The van der Waals surface area contributed by atoms with E-state index in [1.165, 1.54) is 30.3 Å². The van der Waals surface area contributed by atoms with Crippen LogP contribution >= 0.6 is 0 Å². The summed E-state index contributed by atoms with van der Waals surface area (Å²) >= 11 is 0. The maximum atomic E-state index is 12.8. The van der Waals surface area contributed by atoms with Crippen LogP contribution in [0.4, 0.5) is 18.9 Å². The maximum Gasteiger partial charge on any atom is 0.416 e. The smallest absolute Gasteiger partial charge is 0.416 e. The molecule has 29 heavy (non-hydrogen) atoms. The van der Waals surface area contributed by atoms with Crippen LogP contribution in [0.1, 0.15) is 26.3 Å². The first-order valence-electron chi connectivity index (χ1n) is 8.50. The molecular formula is C19H21F3N2O4S. The minimum Gasteiger partial charge on any atom is -0.484 e. The number of nitrogens with one attached hydrogen (secondary N) is 2. The minimum absolute atomic E-state index is 0.165. The van der Waals surface area contributed by atoms with Crippen LogP contribution in [-0.4, -0.2) is 26.5 Å². The molecule has 0 aliphatic carbocycles. The van der Waals surface area contributed by atoms with Gasteiger partial charge >= 0.3 is 6.18 Å². The van der Waals surface area contributed by atoms with E-state index >= 15 is 0 Å².